The molecule has 1 aromatic carbocycles. The smallest absolute Gasteiger partial charge is 0.394 e. The minimum atomic E-state index is -4.65. The van der Waals surface area contributed by atoms with E-state index in [0.717, 1.165) is 36.1 Å². The van der Waals surface area contributed by atoms with Gasteiger partial charge in [-0.15, -0.1) is 0 Å². The average Bonchev–Trinajstić information content (AvgIpc) is 3.03. The number of carboxylic acid groups (broad SMARTS) is 1. The predicted molar refractivity (Wildman–Crippen MR) is 90.9 cm³/mol. The maximum absolute atomic E-state index is 13.0. The summed E-state index contributed by atoms with van der Waals surface area (Å²) in [6.45, 7) is 1.01. The first kappa shape index (κ1) is 20.1. The molecule has 0 bridgehead atoms. The Kier molecular flexibility index (Phi) is 6.50. The molecule has 8 heteroatoms. The van der Waals surface area contributed by atoms with Gasteiger partial charge in [-0.05, 0) is 30.5 Å². The third kappa shape index (κ3) is 5.12. The molecule has 5 nitrogen and oxygen atoms in total. The van der Waals surface area contributed by atoms with Crippen molar-refractivity contribution in [1.82, 2.24) is 4.90 Å². The Balaban J connectivity index is 1.96. The normalized spacial score (nSPS) is 20.2. The van der Waals surface area contributed by atoms with E-state index < -0.39 is 43.1 Å². The molecular weight excluding hydrogens is 349 g/mol. The van der Waals surface area contributed by atoms with Crippen LogP contribution in [0.4, 0.5) is 23.7 Å². The molecule has 26 heavy (non-hydrogen) atoms. The number of likely N-dealkylation sites (tertiary alicyclic amines) is 1. The van der Waals surface area contributed by atoms with E-state index in [1.165, 1.54) is 0 Å². The fourth-order valence-corrected chi connectivity index (χ4v) is 3.09. The van der Waals surface area contributed by atoms with Crippen molar-refractivity contribution in [2.45, 2.75) is 38.8 Å². The third-order valence-corrected chi connectivity index (χ3v) is 4.62. The van der Waals surface area contributed by atoms with Crippen LogP contribution in [-0.2, 0) is 11.2 Å². The molecule has 2 amide bonds. The summed E-state index contributed by atoms with van der Waals surface area (Å²) >= 11 is 0. The molecule has 1 heterocycles. The summed E-state index contributed by atoms with van der Waals surface area (Å²) in [7, 11) is 0. The number of halogens is 3. The van der Waals surface area contributed by atoms with Crippen molar-refractivity contribution in [3.63, 3.8) is 0 Å². The summed E-state index contributed by atoms with van der Waals surface area (Å²) < 4.78 is 39.0. The van der Waals surface area contributed by atoms with Crippen LogP contribution < -0.4 is 5.32 Å². The molecule has 0 aromatic heterocycles. The molecule has 2 N–H and O–H groups in total. The highest BCUT2D eigenvalue weighted by molar-refractivity contribution is 5.90. The third-order valence-electron chi connectivity index (χ3n) is 4.62. The Morgan fingerprint density at radius 3 is 2.35 bits per heavy atom. The summed E-state index contributed by atoms with van der Waals surface area (Å²) in [6.07, 6.45) is -0.385. The predicted octanol–water partition coefficient (Wildman–Crippen LogP) is 4.15. The molecule has 0 unspecified atom stereocenters. The van der Waals surface area contributed by atoms with Crippen LogP contribution in [0.25, 0.3) is 0 Å². The van der Waals surface area contributed by atoms with Gasteiger partial charge in [-0.1, -0.05) is 31.9 Å². The van der Waals surface area contributed by atoms with Gasteiger partial charge in [-0.2, -0.15) is 13.2 Å². The quantitative estimate of drug-likeness (QED) is 0.737. The first-order valence-corrected chi connectivity index (χ1v) is 8.66. The van der Waals surface area contributed by atoms with E-state index in [1.54, 1.807) is 12.1 Å². The average molecular weight is 372 g/mol. The number of carbonyl (C=O) groups excluding carboxylic acids is 1. The van der Waals surface area contributed by atoms with Gasteiger partial charge in [0.2, 0.25) is 0 Å². The Morgan fingerprint density at radius 1 is 1.19 bits per heavy atom. The number of hydrogen-bond acceptors (Lipinski definition) is 2. The minimum absolute atomic E-state index is 0.458. The highest BCUT2D eigenvalue weighted by Gasteiger charge is 2.53. The summed E-state index contributed by atoms with van der Waals surface area (Å²) in [5.41, 5.74) is 1.59. The molecule has 1 aromatic rings. The van der Waals surface area contributed by atoms with E-state index in [0.29, 0.717) is 5.69 Å². The van der Waals surface area contributed by atoms with Crippen LogP contribution in [0.5, 0.6) is 0 Å². The number of nitrogens with one attached hydrogen (secondary N) is 1. The number of alkyl halides is 3. The number of benzene rings is 1. The van der Waals surface area contributed by atoms with Gasteiger partial charge < -0.3 is 15.3 Å². The number of anilines is 1. The molecule has 0 radical (unpaired) electrons. The van der Waals surface area contributed by atoms with Crippen LogP contribution in [0.2, 0.25) is 0 Å². The van der Waals surface area contributed by atoms with Crippen molar-refractivity contribution < 1.29 is 27.9 Å². The molecular formula is C18H23F3N2O3. The Labute approximate surface area is 150 Å². The largest absolute Gasteiger partial charge is 0.481 e. The zero-order valence-electron chi connectivity index (χ0n) is 14.6. The SMILES string of the molecule is CCCCCc1ccc(NC(=O)N2C[C@@H](C(F)(F)F)[C@H](C(=O)O)C2)cc1. The molecule has 144 valence electrons. The number of aliphatic carboxylic acids is 1. The number of urea groups is 1. The lowest BCUT2D eigenvalue weighted by Crippen LogP contribution is -2.35. The van der Waals surface area contributed by atoms with Crippen LogP contribution >= 0.6 is 0 Å². The number of amides is 2. The summed E-state index contributed by atoms with van der Waals surface area (Å²) in [5, 5.41) is 11.5. The lowest BCUT2D eigenvalue weighted by molar-refractivity contribution is -0.187. The van der Waals surface area contributed by atoms with Gasteiger partial charge in [-0.3, -0.25) is 4.79 Å². The van der Waals surface area contributed by atoms with Crippen molar-refractivity contribution in [2.24, 2.45) is 11.8 Å². The number of unbranched alkanes of at least 4 members (excludes halogenated alkanes) is 2. The molecule has 1 fully saturated rings. The van der Waals surface area contributed by atoms with E-state index in [1.807, 2.05) is 12.1 Å². The first-order chi connectivity index (χ1) is 12.2. The molecule has 1 aliphatic rings. The molecule has 0 spiro atoms. The van der Waals surface area contributed by atoms with Gasteiger partial charge in [0, 0.05) is 18.8 Å². The number of hydrogen-bond donors (Lipinski definition) is 2. The number of rotatable bonds is 6. The van der Waals surface area contributed by atoms with Crippen LogP contribution in [0, 0.1) is 11.8 Å². The van der Waals surface area contributed by atoms with Crippen molar-refractivity contribution in [3.8, 4) is 0 Å². The van der Waals surface area contributed by atoms with E-state index in [9.17, 15) is 22.8 Å². The lowest BCUT2D eigenvalue weighted by atomic mass is 9.96. The Bertz CT molecular complexity index is 632. The second-order valence-corrected chi connectivity index (χ2v) is 6.58. The molecule has 2 rings (SSSR count). The molecule has 1 aliphatic heterocycles. The highest BCUT2D eigenvalue weighted by atomic mass is 19.4. The number of aryl methyl sites for hydroxylation is 1. The number of carboxylic acids is 1. The van der Waals surface area contributed by atoms with Crippen molar-refractivity contribution >= 4 is 17.7 Å². The Morgan fingerprint density at radius 2 is 1.85 bits per heavy atom. The maximum atomic E-state index is 13.0. The van der Waals surface area contributed by atoms with Gasteiger partial charge in [-0.25, -0.2) is 4.79 Å². The monoisotopic (exact) mass is 372 g/mol. The molecule has 0 saturated carbocycles. The summed E-state index contributed by atoms with van der Waals surface area (Å²) in [6, 6.07) is 6.42. The van der Waals surface area contributed by atoms with Gasteiger partial charge in [0.05, 0.1) is 11.8 Å². The zero-order chi connectivity index (χ0) is 19.3. The van der Waals surface area contributed by atoms with Gasteiger partial charge >= 0.3 is 18.2 Å². The fraction of sp³-hybridized carbons (Fsp3) is 0.556. The summed E-state index contributed by atoms with van der Waals surface area (Å²) in [4.78, 5) is 24.2. The van der Waals surface area contributed by atoms with Gasteiger partial charge in [0.1, 0.15) is 0 Å². The van der Waals surface area contributed by atoms with Crippen LogP contribution in [0.1, 0.15) is 31.7 Å². The number of nitrogens with zero attached hydrogens (tertiary/aromatic N) is 1. The van der Waals surface area contributed by atoms with E-state index in [2.05, 4.69) is 12.2 Å². The second kappa shape index (κ2) is 8.42. The van der Waals surface area contributed by atoms with Crippen molar-refractivity contribution in [1.29, 1.82) is 0 Å². The van der Waals surface area contributed by atoms with Crippen LogP contribution in [0.3, 0.4) is 0 Å². The molecule has 1 saturated heterocycles. The topological polar surface area (TPSA) is 69.6 Å². The summed E-state index contributed by atoms with van der Waals surface area (Å²) in [5.74, 6) is -5.23. The Hall–Kier alpha value is -2.25. The first-order valence-electron chi connectivity index (χ1n) is 8.66. The standard InChI is InChI=1S/C18H23F3N2O3/c1-2-3-4-5-12-6-8-13(9-7-12)22-17(26)23-10-14(16(24)25)15(11-23)18(19,20)21/h6-9,14-15H,2-5,10-11H2,1H3,(H,22,26)(H,24,25)/t14-,15-/m1/s1. The molecule has 2 atom stereocenters. The van der Waals surface area contributed by atoms with Crippen molar-refractivity contribution in [3.05, 3.63) is 29.8 Å². The molecule has 0 aliphatic carbocycles. The van der Waals surface area contributed by atoms with E-state index >= 15 is 0 Å². The van der Waals surface area contributed by atoms with Gasteiger partial charge in [0.25, 0.3) is 0 Å². The zero-order valence-corrected chi connectivity index (χ0v) is 14.6. The van der Waals surface area contributed by atoms with E-state index in [4.69, 9.17) is 5.11 Å². The highest BCUT2D eigenvalue weighted by Crippen LogP contribution is 2.37. The minimum Gasteiger partial charge on any atom is -0.481 e. The maximum Gasteiger partial charge on any atom is 0.394 e. The number of carbonyl (C=O) groups is 2. The van der Waals surface area contributed by atoms with Crippen LogP contribution in [-0.4, -0.2) is 41.3 Å². The fourth-order valence-electron chi connectivity index (χ4n) is 3.09. The lowest BCUT2D eigenvalue weighted by Gasteiger charge is -2.18. The van der Waals surface area contributed by atoms with Crippen molar-refractivity contribution in [2.75, 3.05) is 18.4 Å². The van der Waals surface area contributed by atoms with E-state index in [-0.39, 0.29) is 0 Å². The van der Waals surface area contributed by atoms with Crippen LogP contribution in [0.15, 0.2) is 24.3 Å². The van der Waals surface area contributed by atoms with Gasteiger partial charge in [0.15, 0.2) is 0 Å². The second-order valence-electron chi connectivity index (χ2n) is 6.58.